The molecule has 0 spiro atoms. The molecule has 5 nitrogen and oxygen atoms in total. The SMILES string of the molecule is CC(N)Cc1sc2c(NCc3cccs3)cnnc2c1O. The molecule has 4 N–H and O–H groups in total. The maximum absolute atomic E-state index is 10.2. The van der Waals surface area contributed by atoms with Crippen molar-refractivity contribution in [2.75, 3.05) is 5.32 Å². The minimum Gasteiger partial charge on any atom is -0.504 e. The van der Waals surface area contributed by atoms with Crippen LogP contribution in [0.2, 0.25) is 0 Å². The molecule has 0 aliphatic rings. The van der Waals surface area contributed by atoms with Crippen LogP contribution in [0.5, 0.6) is 5.75 Å². The van der Waals surface area contributed by atoms with Crippen LogP contribution in [0.3, 0.4) is 0 Å². The number of rotatable bonds is 5. The number of thiophene rings is 2. The van der Waals surface area contributed by atoms with Crippen LogP contribution >= 0.6 is 22.7 Å². The molecule has 110 valence electrons. The summed E-state index contributed by atoms with van der Waals surface area (Å²) >= 11 is 3.23. The van der Waals surface area contributed by atoms with E-state index in [9.17, 15) is 5.11 Å². The third kappa shape index (κ3) is 2.99. The van der Waals surface area contributed by atoms with E-state index >= 15 is 0 Å². The number of hydrogen-bond donors (Lipinski definition) is 3. The molecule has 1 unspecified atom stereocenters. The Bertz CT molecular complexity index is 737. The monoisotopic (exact) mass is 320 g/mol. The summed E-state index contributed by atoms with van der Waals surface area (Å²) in [5.74, 6) is 0.208. The van der Waals surface area contributed by atoms with Crippen LogP contribution in [0.15, 0.2) is 23.7 Å². The highest BCUT2D eigenvalue weighted by Gasteiger charge is 2.16. The Hall–Kier alpha value is -1.70. The van der Waals surface area contributed by atoms with Crippen molar-refractivity contribution in [2.24, 2.45) is 5.73 Å². The highest BCUT2D eigenvalue weighted by atomic mass is 32.1. The van der Waals surface area contributed by atoms with Gasteiger partial charge in [-0.15, -0.1) is 27.8 Å². The molecule has 0 aliphatic heterocycles. The Morgan fingerprint density at radius 3 is 3.05 bits per heavy atom. The summed E-state index contributed by atoms with van der Waals surface area (Å²) < 4.78 is 0.926. The molecular weight excluding hydrogens is 304 g/mol. The molecule has 0 amide bonds. The summed E-state index contributed by atoms with van der Waals surface area (Å²) in [6.07, 6.45) is 2.33. The molecular formula is C14H16N4OS2. The van der Waals surface area contributed by atoms with Gasteiger partial charge in [0.1, 0.15) is 5.52 Å². The second kappa shape index (κ2) is 5.97. The fraction of sp³-hybridized carbons (Fsp3) is 0.286. The number of aromatic hydroxyl groups is 1. The van der Waals surface area contributed by atoms with Crippen molar-refractivity contribution in [3.8, 4) is 5.75 Å². The highest BCUT2D eigenvalue weighted by Crippen LogP contribution is 2.39. The molecule has 0 radical (unpaired) electrons. The lowest BCUT2D eigenvalue weighted by Crippen LogP contribution is -2.16. The molecule has 1 atom stereocenters. The molecule has 0 fully saturated rings. The number of aromatic nitrogens is 2. The Morgan fingerprint density at radius 2 is 2.33 bits per heavy atom. The second-order valence-corrected chi connectivity index (χ2v) is 7.06. The van der Waals surface area contributed by atoms with Gasteiger partial charge in [0.25, 0.3) is 0 Å². The molecule has 0 bridgehead atoms. The van der Waals surface area contributed by atoms with E-state index in [2.05, 4.69) is 27.0 Å². The smallest absolute Gasteiger partial charge is 0.157 e. The van der Waals surface area contributed by atoms with Crippen LogP contribution < -0.4 is 11.1 Å². The van der Waals surface area contributed by atoms with Crippen LogP contribution in [0, 0.1) is 0 Å². The average molecular weight is 320 g/mol. The number of nitrogens with two attached hydrogens (primary N) is 1. The predicted octanol–water partition coefficient (Wildman–Crippen LogP) is 2.96. The maximum atomic E-state index is 10.2. The van der Waals surface area contributed by atoms with Crippen LogP contribution in [0.4, 0.5) is 5.69 Å². The van der Waals surface area contributed by atoms with Gasteiger partial charge in [0.15, 0.2) is 5.75 Å². The van der Waals surface area contributed by atoms with Gasteiger partial charge in [0.2, 0.25) is 0 Å². The quantitative estimate of drug-likeness (QED) is 0.673. The average Bonchev–Trinajstić information content (AvgIpc) is 3.06. The van der Waals surface area contributed by atoms with Crippen molar-refractivity contribution in [2.45, 2.75) is 25.9 Å². The second-order valence-electron chi connectivity index (χ2n) is 4.92. The molecule has 3 aromatic heterocycles. The van der Waals surface area contributed by atoms with Gasteiger partial charge in [-0.3, -0.25) is 0 Å². The van der Waals surface area contributed by atoms with Crippen LogP contribution in [0.1, 0.15) is 16.7 Å². The van der Waals surface area contributed by atoms with Crippen molar-refractivity contribution in [1.82, 2.24) is 10.2 Å². The summed E-state index contributed by atoms with van der Waals surface area (Å²) in [7, 11) is 0. The predicted molar refractivity (Wildman–Crippen MR) is 88.1 cm³/mol. The summed E-state index contributed by atoms with van der Waals surface area (Å²) in [4.78, 5) is 2.11. The molecule has 0 saturated heterocycles. The normalized spacial score (nSPS) is 12.7. The van der Waals surface area contributed by atoms with E-state index < -0.39 is 0 Å². The van der Waals surface area contributed by atoms with Gasteiger partial charge in [-0.05, 0) is 18.4 Å². The minimum absolute atomic E-state index is 0.000510. The standard InChI is InChI=1S/C14H16N4OS2/c1-8(15)5-11-13(19)12-14(21-11)10(7-17-18-12)16-6-9-3-2-4-20-9/h2-4,7-8,19H,5-6,15H2,1H3,(H,16,18). The first-order valence-corrected chi connectivity index (χ1v) is 8.32. The van der Waals surface area contributed by atoms with Gasteiger partial charge < -0.3 is 16.2 Å². The lowest BCUT2D eigenvalue weighted by molar-refractivity contribution is 0.474. The van der Waals surface area contributed by atoms with E-state index in [0.29, 0.717) is 11.9 Å². The summed E-state index contributed by atoms with van der Waals surface area (Å²) in [5.41, 5.74) is 7.26. The van der Waals surface area contributed by atoms with Crippen LogP contribution in [-0.4, -0.2) is 21.3 Å². The van der Waals surface area contributed by atoms with Gasteiger partial charge in [-0.2, -0.15) is 5.10 Å². The number of nitrogens with one attached hydrogen (secondary N) is 1. The Balaban J connectivity index is 1.91. The molecule has 0 aliphatic carbocycles. The first kappa shape index (κ1) is 14.2. The van der Waals surface area contributed by atoms with Gasteiger partial charge >= 0.3 is 0 Å². The van der Waals surface area contributed by atoms with E-state index in [0.717, 1.165) is 21.8 Å². The van der Waals surface area contributed by atoms with Crippen LogP contribution in [-0.2, 0) is 13.0 Å². The van der Waals surface area contributed by atoms with Gasteiger partial charge in [-0.25, -0.2) is 0 Å². The first-order valence-electron chi connectivity index (χ1n) is 6.63. The van der Waals surface area contributed by atoms with Gasteiger partial charge in [-0.1, -0.05) is 6.07 Å². The zero-order valence-electron chi connectivity index (χ0n) is 11.5. The fourth-order valence-electron chi connectivity index (χ4n) is 2.09. The summed E-state index contributed by atoms with van der Waals surface area (Å²) in [5, 5.41) is 23.7. The number of nitrogens with zero attached hydrogens (tertiary/aromatic N) is 2. The van der Waals surface area contributed by atoms with Gasteiger partial charge in [0, 0.05) is 23.9 Å². The Kier molecular flexibility index (Phi) is 4.05. The number of hydrogen-bond acceptors (Lipinski definition) is 7. The van der Waals surface area contributed by atoms with Crippen molar-refractivity contribution in [1.29, 1.82) is 0 Å². The van der Waals surface area contributed by atoms with E-state index in [1.165, 1.54) is 16.2 Å². The minimum atomic E-state index is -0.000510. The molecule has 3 rings (SSSR count). The summed E-state index contributed by atoms with van der Waals surface area (Å²) in [6.45, 7) is 2.66. The van der Waals surface area contributed by atoms with Crippen molar-refractivity contribution in [3.63, 3.8) is 0 Å². The van der Waals surface area contributed by atoms with E-state index in [-0.39, 0.29) is 11.8 Å². The lowest BCUT2D eigenvalue weighted by Gasteiger charge is -2.04. The fourth-order valence-corrected chi connectivity index (χ4v) is 3.99. The molecule has 21 heavy (non-hydrogen) atoms. The molecule has 3 heterocycles. The number of anilines is 1. The molecule has 0 aromatic carbocycles. The maximum Gasteiger partial charge on any atom is 0.157 e. The van der Waals surface area contributed by atoms with E-state index in [1.807, 2.05) is 13.0 Å². The third-order valence-electron chi connectivity index (χ3n) is 3.06. The lowest BCUT2D eigenvalue weighted by atomic mass is 10.2. The Labute approximate surface area is 130 Å². The van der Waals surface area contributed by atoms with Crippen molar-refractivity contribution in [3.05, 3.63) is 33.5 Å². The first-order chi connectivity index (χ1) is 10.1. The Morgan fingerprint density at radius 1 is 1.48 bits per heavy atom. The largest absolute Gasteiger partial charge is 0.504 e. The van der Waals surface area contributed by atoms with Crippen molar-refractivity contribution < 1.29 is 5.11 Å². The van der Waals surface area contributed by atoms with E-state index in [4.69, 9.17) is 5.73 Å². The summed E-state index contributed by atoms with van der Waals surface area (Å²) in [6, 6.07) is 4.11. The van der Waals surface area contributed by atoms with Gasteiger partial charge in [0.05, 0.1) is 21.5 Å². The van der Waals surface area contributed by atoms with Crippen LogP contribution in [0.25, 0.3) is 10.2 Å². The van der Waals surface area contributed by atoms with E-state index in [1.54, 1.807) is 17.5 Å². The topological polar surface area (TPSA) is 84.1 Å². The zero-order valence-corrected chi connectivity index (χ0v) is 13.2. The zero-order chi connectivity index (χ0) is 14.8. The molecule has 0 saturated carbocycles. The number of fused-ring (bicyclic) bond motifs is 1. The highest BCUT2D eigenvalue weighted by molar-refractivity contribution is 7.20. The molecule has 7 heteroatoms. The third-order valence-corrected chi connectivity index (χ3v) is 5.16. The van der Waals surface area contributed by atoms with Crippen molar-refractivity contribution >= 4 is 38.6 Å². The molecule has 3 aromatic rings.